The van der Waals surface area contributed by atoms with Crippen molar-refractivity contribution in [1.82, 2.24) is 24.4 Å². The minimum atomic E-state index is -0.794. The van der Waals surface area contributed by atoms with Crippen molar-refractivity contribution in [2.45, 2.75) is 33.2 Å². The largest absolute Gasteiger partial charge is 0.378 e. The van der Waals surface area contributed by atoms with E-state index in [0.29, 0.717) is 18.9 Å². The summed E-state index contributed by atoms with van der Waals surface area (Å²) in [6, 6.07) is 9.68. The zero-order valence-corrected chi connectivity index (χ0v) is 20.2. The van der Waals surface area contributed by atoms with E-state index in [1.165, 1.54) is 10.9 Å². The molecule has 0 aliphatic carbocycles. The summed E-state index contributed by atoms with van der Waals surface area (Å²) >= 11 is 0. The Labute approximate surface area is 202 Å². The number of morpholine rings is 1. The number of carbonyl (C=O) groups is 1. The van der Waals surface area contributed by atoms with Gasteiger partial charge in [-0.2, -0.15) is 14.0 Å². The fourth-order valence-corrected chi connectivity index (χ4v) is 4.14. The first-order valence-corrected chi connectivity index (χ1v) is 11.6. The van der Waals surface area contributed by atoms with Crippen molar-refractivity contribution < 1.29 is 13.9 Å². The molecule has 1 amide bonds. The molecule has 0 spiro atoms. The van der Waals surface area contributed by atoms with Gasteiger partial charge in [0.1, 0.15) is 17.7 Å². The van der Waals surface area contributed by atoms with Crippen LogP contribution in [0, 0.1) is 12.9 Å². The Balaban J connectivity index is 1.48. The number of hydrogen-bond donors (Lipinski definition) is 1. The minimum Gasteiger partial charge on any atom is -0.378 e. The van der Waals surface area contributed by atoms with Crippen LogP contribution in [-0.2, 0) is 10.3 Å². The van der Waals surface area contributed by atoms with Gasteiger partial charge in [-0.25, -0.2) is 4.98 Å². The average Bonchev–Trinajstić information content (AvgIpc) is 3.46. The van der Waals surface area contributed by atoms with Gasteiger partial charge in [-0.3, -0.25) is 9.48 Å². The third-order valence-electron chi connectivity index (χ3n) is 6.10. The molecule has 1 N–H and O–H groups in total. The maximum atomic E-state index is 14.4. The van der Waals surface area contributed by atoms with Crippen molar-refractivity contribution >= 4 is 23.1 Å². The third kappa shape index (κ3) is 4.49. The number of halogens is 1. The number of benzene rings is 1. The van der Waals surface area contributed by atoms with Crippen molar-refractivity contribution in [3.63, 3.8) is 0 Å². The van der Waals surface area contributed by atoms with Crippen LogP contribution in [0.15, 0.2) is 42.9 Å². The highest BCUT2D eigenvalue weighted by atomic mass is 19.1. The maximum absolute atomic E-state index is 14.4. The van der Waals surface area contributed by atoms with Gasteiger partial charge in [0.2, 0.25) is 5.95 Å². The van der Waals surface area contributed by atoms with Gasteiger partial charge in [0.05, 0.1) is 18.8 Å². The third-order valence-corrected chi connectivity index (χ3v) is 6.10. The van der Waals surface area contributed by atoms with Gasteiger partial charge in [0, 0.05) is 25.0 Å². The monoisotopic (exact) mass is 477 g/mol. The van der Waals surface area contributed by atoms with Gasteiger partial charge < -0.3 is 15.0 Å². The Morgan fingerprint density at radius 1 is 1.14 bits per heavy atom. The summed E-state index contributed by atoms with van der Waals surface area (Å²) in [5.74, 6) is -0.407. The molecule has 1 fully saturated rings. The molecule has 1 saturated heterocycles. The van der Waals surface area contributed by atoms with E-state index < -0.39 is 17.4 Å². The van der Waals surface area contributed by atoms with Crippen LogP contribution < -0.4 is 10.2 Å². The van der Waals surface area contributed by atoms with Crippen LogP contribution in [0.5, 0.6) is 0 Å². The van der Waals surface area contributed by atoms with Crippen LogP contribution >= 0.6 is 0 Å². The fraction of sp³-hybridized carbons (Fsp3) is 0.360. The molecular weight excluding hydrogens is 449 g/mol. The normalized spacial score (nSPS) is 14.5. The first-order valence-electron chi connectivity index (χ1n) is 11.6. The molecule has 10 heteroatoms. The zero-order chi connectivity index (χ0) is 24.7. The second kappa shape index (κ2) is 8.77. The topological polar surface area (TPSA) is 89.6 Å². The Kier molecular flexibility index (Phi) is 5.76. The summed E-state index contributed by atoms with van der Waals surface area (Å²) in [6.45, 7) is 10.5. The number of fused-ring (bicyclic) bond motifs is 1. The van der Waals surface area contributed by atoms with Gasteiger partial charge in [-0.1, -0.05) is 6.07 Å². The average molecular weight is 478 g/mol. The fourth-order valence-electron chi connectivity index (χ4n) is 4.14. The van der Waals surface area contributed by atoms with Gasteiger partial charge in [-0.05, 0) is 68.7 Å². The van der Waals surface area contributed by atoms with E-state index in [2.05, 4.69) is 31.5 Å². The van der Waals surface area contributed by atoms with Crippen LogP contribution in [0.25, 0.3) is 16.8 Å². The van der Waals surface area contributed by atoms with Gasteiger partial charge in [-0.15, -0.1) is 5.10 Å². The Morgan fingerprint density at radius 3 is 2.63 bits per heavy atom. The summed E-state index contributed by atoms with van der Waals surface area (Å²) < 4.78 is 23.2. The van der Waals surface area contributed by atoms with E-state index in [1.54, 1.807) is 12.4 Å². The van der Waals surface area contributed by atoms with Crippen molar-refractivity contribution in [2.24, 2.45) is 0 Å². The molecule has 0 unspecified atom stereocenters. The molecule has 182 valence electrons. The molecule has 0 atom stereocenters. The smallest absolute Gasteiger partial charge is 0.261 e. The van der Waals surface area contributed by atoms with E-state index >= 15 is 0 Å². The van der Waals surface area contributed by atoms with E-state index in [-0.39, 0.29) is 5.56 Å². The van der Waals surface area contributed by atoms with Crippen LogP contribution in [0.1, 0.15) is 36.7 Å². The summed E-state index contributed by atoms with van der Waals surface area (Å²) in [5, 5.41) is 11.1. The van der Waals surface area contributed by atoms with Crippen molar-refractivity contribution in [1.29, 1.82) is 0 Å². The highest BCUT2D eigenvalue weighted by molar-refractivity contribution is 6.04. The second-order valence-corrected chi connectivity index (χ2v) is 9.66. The molecule has 0 saturated carbocycles. The van der Waals surface area contributed by atoms with Crippen molar-refractivity contribution in [3.8, 4) is 11.1 Å². The lowest BCUT2D eigenvalue weighted by Gasteiger charge is -2.29. The molecule has 1 aromatic carbocycles. The lowest BCUT2D eigenvalue weighted by atomic mass is 10.00. The molecule has 1 aliphatic rings. The number of nitrogens with zero attached hydrogens (tertiary/aromatic N) is 6. The predicted molar refractivity (Wildman–Crippen MR) is 131 cm³/mol. The highest BCUT2D eigenvalue weighted by Gasteiger charge is 2.23. The number of carbonyl (C=O) groups excluding carboxylic acids is 1. The summed E-state index contributed by atoms with van der Waals surface area (Å²) in [6.07, 6.45) is 2.98. The predicted octanol–water partition coefficient (Wildman–Crippen LogP) is 3.88. The van der Waals surface area contributed by atoms with Crippen LogP contribution in [0.4, 0.5) is 15.9 Å². The molecule has 5 rings (SSSR count). The first-order chi connectivity index (χ1) is 16.7. The molecule has 9 nitrogen and oxygen atoms in total. The lowest BCUT2D eigenvalue weighted by molar-refractivity contribution is 0.102. The van der Waals surface area contributed by atoms with Gasteiger partial charge in [0.15, 0.2) is 5.65 Å². The number of nitrogens with one attached hydrogen (secondary N) is 1. The zero-order valence-electron chi connectivity index (χ0n) is 20.2. The quantitative estimate of drug-likeness (QED) is 0.480. The number of aryl methyl sites for hydroxylation is 1. The molecule has 1 aliphatic heterocycles. The van der Waals surface area contributed by atoms with Crippen molar-refractivity contribution in [3.05, 3.63) is 59.9 Å². The van der Waals surface area contributed by atoms with Crippen LogP contribution in [0.2, 0.25) is 0 Å². The number of pyridine rings is 1. The number of rotatable bonds is 4. The number of amides is 1. The van der Waals surface area contributed by atoms with E-state index in [9.17, 15) is 9.18 Å². The first kappa shape index (κ1) is 23.0. The molecule has 0 bridgehead atoms. The number of aromatic nitrogens is 5. The highest BCUT2D eigenvalue weighted by Crippen LogP contribution is 2.31. The molecule has 4 heterocycles. The Hall–Kier alpha value is -3.79. The van der Waals surface area contributed by atoms with E-state index in [0.717, 1.165) is 41.2 Å². The van der Waals surface area contributed by atoms with E-state index in [4.69, 9.17) is 4.74 Å². The summed E-state index contributed by atoms with van der Waals surface area (Å²) in [7, 11) is 0. The number of hydrogen-bond acceptors (Lipinski definition) is 6. The molecular formula is C25H28FN7O2. The van der Waals surface area contributed by atoms with E-state index in [1.807, 2.05) is 50.4 Å². The lowest BCUT2D eigenvalue weighted by Crippen LogP contribution is -2.37. The van der Waals surface area contributed by atoms with Gasteiger partial charge >= 0.3 is 0 Å². The SMILES string of the molecule is Cc1ccc(NC(=O)c2cn(C(C)(C)C)nc2F)cc1-c1cc(N2CCOCC2)n2ncnc2c1. The molecule has 35 heavy (non-hydrogen) atoms. The second-order valence-electron chi connectivity index (χ2n) is 9.66. The number of ether oxygens (including phenoxy) is 1. The van der Waals surface area contributed by atoms with Crippen LogP contribution in [-0.4, -0.2) is 56.6 Å². The van der Waals surface area contributed by atoms with Crippen LogP contribution in [0.3, 0.4) is 0 Å². The minimum absolute atomic E-state index is 0.0958. The maximum Gasteiger partial charge on any atom is 0.261 e. The molecule has 0 radical (unpaired) electrons. The Bertz CT molecular complexity index is 1400. The van der Waals surface area contributed by atoms with Crippen molar-refractivity contribution in [2.75, 3.05) is 36.5 Å². The number of anilines is 2. The summed E-state index contributed by atoms with van der Waals surface area (Å²) in [5.41, 5.74) is 3.69. The Morgan fingerprint density at radius 2 is 1.91 bits per heavy atom. The molecule has 4 aromatic rings. The standard InChI is InChI=1S/C25H28FN7O2/c1-16-5-6-18(29-24(34)20-14-32(25(2,3)4)30-23(20)26)13-19(16)17-11-21-27-15-28-33(21)22(12-17)31-7-9-35-10-8-31/h5-6,11-15H,7-10H2,1-4H3,(H,29,34). The molecule has 3 aromatic heterocycles. The van der Waals surface area contributed by atoms with Gasteiger partial charge in [0.25, 0.3) is 5.91 Å². The summed E-state index contributed by atoms with van der Waals surface area (Å²) in [4.78, 5) is 19.5.